The van der Waals surface area contributed by atoms with Gasteiger partial charge in [-0.05, 0) is 102 Å². The van der Waals surface area contributed by atoms with Crippen LogP contribution in [0.4, 0.5) is 0 Å². The minimum absolute atomic E-state index is 0. The normalized spacial score (nSPS) is 14.2. The summed E-state index contributed by atoms with van der Waals surface area (Å²) in [6.07, 6.45) is 27.4. The van der Waals surface area contributed by atoms with Gasteiger partial charge in [-0.15, -0.1) is 0 Å². The Balaban J connectivity index is -0.000000282. The highest BCUT2D eigenvalue weighted by atomic mass is 14.4. The fourth-order valence-corrected chi connectivity index (χ4v) is 5.48. The first-order chi connectivity index (χ1) is 21.8. The molecule has 0 N–H and O–H groups in total. The Kier molecular flexibility index (Phi) is 35.9. The summed E-state index contributed by atoms with van der Waals surface area (Å²) in [5.41, 5.74) is 8.90. The lowest BCUT2D eigenvalue weighted by molar-refractivity contribution is 0.285. The molecule has 1 aliphatic carbocycles. The molecule has 0 amide bonds. The van der Waals surface area contributed by atoms with Crippen LogP contribution in [0, 0.1) is 19.8 Å². The predicted octanol–water partition coefficient (Wildman–Crippen LogP) is 16.1. The molecule has 0 nitrogen and oxygen atoms in total. The Labute approximate surface area is 297 Å². The molecule has 3 rings (SSSR count). The summed E-state index contributed by atoms with van der Waals surface area (Å²) < 4.78 is 0. The summed E-state index contributed by atoms with van der Waals surface area (Å²) in [6, 6.07) is 17.9. The number of hydrogen-bond donors (Lipinski definition) is 0. The maximum absolute atomic E-state index is 2.44. The van der Waals surface area contributed by atoms with Crippen LogP contribution in [0.3, 0.4) is 0 Å². The van der Waals surface area contributed by atoms with Crippen molar-refractivity contribution in [2.75, 3.05) is 0 Å². The maximum atomic E-state index is 2.44. The Hall–Kier alpha value is -2.86. The first-order valence-corrected chi connectivity index (χ1v) is 18.1. The van der Waals surface area contributed by atoms with Gasteiger partial charge in [0.15, 0.2) is 0 Å². The zero-order chi connectivity index (χ0) is 34.5. The van der Waals surface area contributed by atoms with E-state index < -0.39 is 0 Å². The molecule has 0 spiro atoms. The fourth-order valence-electron chi connectivity index (χ4n) is 5.48. The van der Waals surface area contributed by atoms with Gasteiger partial charge in [0.1, 0.15) is 0 Å². The van der Waals surface area contributed by atoms with Crippen molar-refractivity contribution < 1.29 is 0 Å². The predicted molar refractivity (Wildman–Crippen MR) is 223 cm³/mol. The molecule has 2 aromatic rings. The van der Waals surface area contributed by atoms with E-state index in [-0.39, 0.29) is 14.9 Å². The third kappa shape index (κ3) is 21.6. The van der Waals surface area contributed by atoms with Crippen molar-refractivity contribution in [2.24, 2.45) is 5.92 Å². The van der Waals surface area contributed by atoms with E-state index in [2.05, 4.69) is 153 Å². The molecule has 1 aliphatic rings. The second-order valence-corrected chi connectivity index (χ2v) is 11.6. The van der Waals surface area contributed by atoms with Crippen LogP contribution in [0.1, 0.15) is 158 Å². The van der Waals surface area contributed by atoms with Gasteiger partial charge in [0.2, 0.25) is 0 Å². The van der Waals surface area contributed by atoms with Crippen LogP contribution in [0.15, 0.2) is 108 Å². The maximum Gasteiger partial charge on any atom is -0.00215 e. The zero-order valence-electron chi connectivity index (χ0n) is 32.0. The molecule has 0 heterocycles. The van der Waals surface area contributed by atoms with E-state index >= 15 is 0 Å². The summed E-state index contributed by atoms with van der Waals surface area (Å²) in [4.78, 5) is 0. The number of hydrogen-bond acceptors (Lipinski definition) is 0. The van der Waals surface area contributed by atoms with E-state index in [0.717, 1.165) is 25.2 Å². The summed E-state index contributed by atoms with van der Waals surface area (Å²) in [7, 11) is 0. The van der Waals surface area contributed by atoms with E-state index in [4.69, 9.17) is 0 Å². The molecule has 0 radical (unpaired) electrons. The van der Waals surface area contributed by atoms with Gasteiger partial charge >= 0.3 is 0 Å². The van der Waals surface area contributed by atoms with Crippen LogP contribution in [0.25, 0.3) is 0 Å². The minimum atomic E-state index is 0. The average Bonchev–Trinajstić information content (AvgIpc) is 3.58. The van der Waals surface area contributed by atoms with Crippen molar-refractivity contribution in [3.8, 4) is 0 Å². The van der Waals surface area contributed by atoms with Gasteiger partial charge in [0.25, 0.3) is 0 Å². The van der Waals surface area contributed by atoms with Gasteiger partial charge in [0, 0.05) is 0 Å². The second kappa shape index (κ2) is 33.1. The van der Waals surface area contributed by atoms with E-state index in [1.54, 1.807) is 5.56 Å². The average molecular weight is 645 g/mol. The number of aryl methyl sites for hydroxylation is 3. The molecule has 1 saturated carbocycles. The van der Waals surface area contributed by atoms with E-state index in [9.17, 15) is 0 Å². The van der Waals surface area contributed by atoms with Gasteiger partial charge < -0.3 is 0 Å². The van der Waals surface area contributed by atoms with Crippen molar-refractivity contribution in [3.63, 3.8) is 0 Å². The lowest BCUT2D eigenvalue weighted by atomic mass is 9.68. The van der Waals surface area contributed by atoms with Crippen molar-refractivity contribution in [1.82, 2.24) is 0 Å². The molecule has 0 aliphatic heterocycles. The first kappa shape index (κ1) is 51.0. The molecule has 0 aromatic heterocycles. The van der Waals surface area contributed by atoms with Gasteiger partial charge in [-0.1, -0.05) is 196 Å². The van der Waals surface area contributed by atoms with Crippen LogP contribution in [0.5, 0.6) is 0 Å². The lowest BCUT2D eigenvalue weighted by Gasteiger charge is -2.36. The highest BCUT2D eigenvalue weighted by Crippen LogP contribution is 2.47. The summed E-state index contributed by atoms with van der Waals surface area (Å²) in [5, 5.41) is 0. The molecule has 47 heavy (non-hydrogen) atoms. The highest BCUT2D eigenvalue weighted by Gasteiger charge is 2.39. The fraction of sp³-hybridized carbons (Fsp3) is 0.532. The highest BCUT2D eigenvalue weighted by molar-refractivity contribution is 5.31. The van der Waals surface area contributed by atoms with Gasteiger partial charge in [-0.2, -0.15) is 0 Å². The van der Waals surface area contributed by atoms with E-state index in [1.165, 1.54) is 59.9 Å². The third-order valence-corrected chi connectivity index (χ3v) is 8.49. The topological polar surface area (TPSA) is 0 Å². The summed E-state index contributed by atoms with van der Waals surface area (Å²) in [6.45, 7) is 27.6. The van der Waals surface area contributed by atoms with Crippen LogP contribution in [-0.2, 0) is 11.8 Å². The minimum Gasteiger partial charge on any atom is -0.0914 e. The van der Waals surface area contributed by atoms with Crippen molar-refractivity contribution in [3.05, 3.63) is 131 Å². The molecular weight excluding hydrogens is 565 g/mol. The standard InChI is InChI=1S/2C16H24.C9H12.2C2H6.2CH4/c1-4-14(3)16(11-5-6-12-16)15-9-7-13(2)8-10-15;1-5-8-9-12-15(4)13-10-14-16(7-3)11-6-2;1-3-9-6-4-8(2)5-7-9;2*1-2;;/h7-10,14H,4-6,11-12H2,1-3H3;5-8,10-12,14H,9,13H2,1-4H3;4-7H,3H2,1-2H3;2*1-2H3;2*1H4/b;8-5-,11-6-,14-10-,15-12+,16-7-;;;;;. The summed E-state index contributed by atoms with van der Waals surface area (Å²) in [5.74, 6) is 0.817. The Morgan fingerprint density at radius 3 is 1.68 bits per heavy atom. The van der Waals surface area contributed by atoms with Gasteiger partial charge in [0.05, 0.1) is 0 Å². The molecule has 0 bridgehead atoms. The van der Waals surface area contributed by atoms with Crippen LogP contribution in [0.2, 0.25) is 0 Å². The monoisotopic (exact) mass is 645 g/mol. The number of rotatable bonds is 10. The number of allylic oxidation sites excluding steroid dienone is 10. The Morgan fingerprint density at radius 1 is 0.745 bits per heavy atom. The third-order valence-electron chi connectivity index (χ3n) is 8.49. The van der Waals surface area contributed by atoms with Gasteiger partial charge in [-0.3, -0.25) is 0 Å². The Bertz CT molecular complexity index is 1090. The molecule has 0 saturated heterocycles. The SMILES string of the molecule is C.C.C/C=C\C/C=C(\C)C\C=C/C(/C=C\C)=C\C.CC.CC.CCC(C)C1(c2ccc(C)cc2)CCCC1.CCc1ccc(C)cc1. The summed E-state index contributed by atoms with van der Waals surface area (Å²) >= 11 is 0. The molecule has 1 atom stereocenters. The molecule has 1 fully saturated rings. The van der Waals surface area contributed by atoms with Gasteiger partial charge in [-0.25, -0.2) is 0 Å². The van der Waals surface area contributed by atoms with E-state index in [0.29, 0.717) is 5.41 Å². The lowest BCUT2D eigenvalue weighted by Crippen LogP contribution is -2.30. The molecular formula is C47H80. The number of benzene rings is 2. The molecule has 268 valence electrons. The Morgan fingerprint density at radius 2 is 1.26 bits per heavy atom. The zero-order valence-corrected chi connectivity index (χ0v) is 32.0. The first-order valence-electron chi connectivity index (χ1n) is 18.1. The molecule has 1 unspecified atom stereocenters. The quantitative estimate of drug-likeness (QED) is 0.178. The molecule has 2 aromatic carbocycles. The largest absolute Gasteiger partial charge is 0.0914 e. The smallest absolute Gasteiger partial charge is 0.00215 e. The van der Waals surface area contributed by atoms with Crippen molar-refractivity contribution in [1.29, 1.82) is 0 Å². The van der Waals surface area contributed by atoms with E-state index in [1.807, 2.05) is 34.6 Å². The van der Waals surface area contributed by atoms with Crippen LogP contribution < -0.4 is 0 Å². The van der Waals surface area contributed by atoms with Crippen LogP contribution in [-0.4, -0.2) is 0 Å². The van der Waals surface area contributed by atoms with Crippen molar-refractivity contribution in [2.45, 2.75) is 162 Å². The second-order valence-electron chi connectivity index (χ2n) is 11.6. The van der Waals surface area contributed by atoms with Crippen LogP contribution >= 0.6 is 0 Å². The molecule has 0 heteroatoms. The van der Waals surface area contributed by atoms with Crippen molar-refractivity contribution >= 4 is 0 Å².